The maximum absolute atomic E-state index is 4.73. The smallest absolute Gasteiger partial charge is 0.0708 e. The van der Waals surface area contributed by atoms with Gasteiger partial charge in [-0.15, -0.1) is 11.3 Å². The lowest BCUT2D eigenvalue weighted by molar-refractivity contribution is 1.41. The van der Waals surface area contributed by atoms with Crippen molar-refractivity contribution in [3.05, 3.63) is 207 Å². The van der Waals surface area contributed by atoms with Crippen LogP contribution in [-0.2, 0) is 0 Å². The fourth-order valence-corrected chi connectivity index (χ4v) is 11.3. The predicted octanol–water partition coefficient (Wildman–Crippen LogP) is 16.4. The zero-order valence-electron chi connectivity index (χ0n) is 32.9. The van der Waals surface area contributed by atoms with E-state index >= 15 is 0 Å². The van der Waals surface area contributed by atoms with Gasteiger partial charge in [-0.3, -0.25) is 9.97 Å². The van der Waals surface area contributed by atoms with Gasteiger partial charge in [-0.2, -0.15) is 0 Å². The molecular formula is C58H34N2S. The number of rotatable bonds is 4. The van der Waals surface area contributed by atoms with Crippen LogP contribution >= 0.6 is 11.3 Å². The molecule has 0 fully saturated rings. The summed E-state index contributed by atoms with van der Waals surface area (Å²) in [6, 6.07) is 71.4. The first-order valence-electron chi connectivity index (χ1n) is 20.8. The van der Waals surface area contributed by atoms with Crippen LogP contribution in [0.25, 0.3) is 130 Å². The van der Waals surface area contributed by atoms with Gasteiger partial charge >= 0.3 is 0 Å². The molecule has 3 aromatic heterocycles. The fourth-order valence-electron chi connectivity index (χ4n) is 10.1. The van der Waals surface area contributed by atoms with Crippen LogP contribution in [0.1, 0.15) is 0 Å². The lowest BCUT2D eigenvalue weighted by Gasteiger charge is -2.18. The number of pyridine rings is 2. The van der Waals surface area contributed by atoms with E-state index < -0.39 is 0 Å². The first kappa shape index (κ1) is 34.2. The third kappa shape index (κ3) is 5.21. The van der Waals surface area contributed by atoms with Crippen LogP contribution in [-0.4, -0.2) is 9.97 Å². The molecule has 0 radical (unpaired) electrons. The first-order chi connectivity index (χ1) is 30.3. The highest BCUT2D eigenvalue weighted by atomic mass is 32.1. The summed E-state index contributed by atoms with van der Waals surface area (Å²) >= 11 is 1.90. The minimum Gasteiger partial charge on any atom is -0.256 e. The molecule has 0 unspecified atom stereocenters. The predicted molar refractivity (Wildman–Crippen MR) is 262 cm³/mol. The Balaban J connectivity index is 1.04. The largest absolute Gasteiger partial charge is 0.256 e. The molecule has 0 aliphatic rings. The van der Waals surface area contributed by atoms with Crippen LogP contribution in [0.2, 0.25) is 0 Å². The Labute approximate surface area is 355 Å². The van der Waals surface area contributed by atoms with E-state index in [1.807, 2.05) is 35.9 Å². The van der Waals surface area contributed by atoms with Gasteiger partial charge in [-0.25, -0.2) is 0 Å². The Kier molecular flexibility index (Phi) is 7.51. The summed E-state index contributed by atoms with van der Waals surface area (Å²) in [5, 5.41) is 14.8. The average molecular weight is 791 g/mol. The lowest BCUT2D eigenvalue weighted by Crippen LogP contribution is -1.91. The molecule has 13 rings (SSSR count). The molecular weight excluding hydrogens is 757 g/mol. The molecule has 0 N–H and O–H groups in total. The summed E-state index contributed by atoms with van der Waals surface area (Å²) in [7, 11) is 0. The Morgan fingerprint density at radius 1 is 0.295 bits per heavy atom. The van der Waals surface area contributed by atoms with Crippen molar-refractivity contribution in [1.29, 1.82) is 0 Å². The number of benzene rings is 10. The normalized spacial score (nSPS) is 11.9. The van der Waals surface area contributed by atoms with Crippen LogP contribution < -0.4 is 0 Å². The molecule has 282 valence electrons. The van der Waals surface area contributed by atoms with Gasteiger partial charge in [-0.05, 0) is 118 Å². The van der Waals surface area contributed by atoms with E-state index in [-0.39, 0.29) is 0 Å². The number of fused-ring (bicyclic) bond motifs is 9. The highest BCUT2D eigenvalue weighted by molar-refractivity contribution is 7.26. The van der Waals surface area contributed by atoms with Crippen molar-refractivity contribution in [2.24, 2.45) is 0 Å². The summed E-state index contributed by atoms with van der Waals surface area (Å²) in [6.07, 6.45) is 3.76. The molecule has 0 bridgehead atoms. The van der Waals surface area contributed by atoms with Gasteiger partial charge in [-0.1, -0.05) is 158 Å². The molecule has 0 saturated carbocycles. The zero-order chi connectivity index (χ0) is 40.0. The van der Waals surface area contributed by atoms with Gasteiger partial charge in [0, 0.05) is 48.9 Å². The quantitative estimate of drug-likeness (QED) is 0.166. The molecule has 61 heavy (non-hydrogen) atoms. The number of nitrogens with zero attached hydrogens (tertiary/aromatic N) is 2. The Morgan fingerprint density at radius 3 is 1.18 bits per heavy atom. The van der Waals surface area contributed by atoms with Crippen molar-refractivity contribution in [3.63, 3.8) is 0 Å². The standard InChI is InChI=1S/C58H34N2S/c1-3-16-42-40(14-1)54(41-15-2-4-17-43(41)55(42)38-26-24-35-12-10-30-59-51(35)33-38)37-28-29-53-50(32-37)48-22-9-23-49(58(48)61-53)57-46-20-7-5-18-44(46)56(45-19-6-8-21-47(45)57)39-27-25-36-13-11-31-60-52(36)34-39/h1-34H. The monoisotopic (exact) mass is 790 g/mol. The minimum absolute atomic E-state index is 1.01. The zero-order valence-corrected chi connectivity index (χ0v) is 33.7. The summed E-state index contributed by atoms with van der Waals surface area (Å²) in [4.78, 5) is 9.45. The highest BCUT2D eigenvalue weighted by Crippen LogP contribution is 2.50. The number of hydrogen-bond donors (Lipinski definition) is 0. The molecule has 10 aromatic carbocycles. The maximum atomic E-state index is 4.73. The molecule has 13 aromatic rings. The van der Waals surface area contributed by atoms with Gasteiger partial charge < -0.3 is 0 Å². The number of aromatic nitrogens is 2. The van der Waals surface area contributed by atoms with E-state index in [1.54, 1.807) is 0 Å². The van der Waals surface area contributed by atoms with Crippen LogP contribution in [0, 0.1) is 0 Å². The number of hydrogen-bond acceptors (Lipinski definition) is 3. The summed E-state index contributed by atoms with van der Waals surface area (Å²) in [5.41, 5.74) is 11.9. The third-order valence-corrected chi connectivity index (χ3v) is 13.9. The highest BCUT2D eigenvalue weighted by Gasteiger charge is 2.21. The molecule has 3 heterocycles. The van der Waals surface area contributed by atoms with Gasteiger partial charge in [0.1, 0.15) is 0 Å². The van der Waals surface area contributed by atoms with Crippen LogP contribution in [0.4, 0.5) is 0 Å². The van der Waals surface area contributed by atoms with Gasteiger partial charge in [0.25, 0.3) is 0 Å². The van der Waals surface area contributed by atoms with Crippen molar-refractivity contribution < 1.29 is 0 Å². The van der Waals surface area contributed by atoms with Gasteiger partial charge in [0.15, 0.2) is 0 Å². The molecule has 0 saturated heterocycles. The molecule has 0 aliphatic carbocycles. The van der Waals surface area contributed by atoms with Crippen LogP contribution in [0.5, 0.6) is 0 Å². The van der Waals surface area contributed by atoms with Crippen molar-refractivity contribution in [1.82, 2.24) is 9.97 Å². The number of thiophene rings is 1. The third-order valence-electron chi connectivity index (χ3n) is 12.7. The van der Waals surface area contributed by atoms with Crippen LogP contribution in [0.15, 0.2) is 207 Å². The molecule has 2 nitrogen and oxygen atoms in total. The Morgan fingerprint density at radius 2 is 0.705 bits per heavy atom. The molecule has 0 aliphatic heterocycles. The topological polar surface area (TPSA) is 25.8 Å². The first-order valence-corrected chi connectivity index (χ1v) is 21.6. The second-order valence-electron chi connectivity index (χ2n) is 16.0. The molecule has 0 amide bonds. The fraction of sp³-hybridized carbons (Fsp3) is 0. The second kappa shape index (κ2) is 13.4. The lowest BCUT2D eigenvalue weighted by atomic mass is 9.85. The SMILES string of the molecule is c1cnc2cc(-c3c4ccccc4c(-c4ccc5sc6c(-c7c8ccccc8c(-c8ccc9cccnc9c8)c8ccccc78)cccc6c5c4)c4ccccc34)ccc2c1. The molecule has 0 atom stereocenters. The minimum atomic E-state index is 1.01. The van der Waals surface area contributed by atoms with E-state index in [9.17, 15) is 0 Å². The van der Waals surface area contributed by atoms with E-state index in [0.717, 1.165) is 21.8 Å². The molecule has 0 spiro atoms. The van der Waals surface area contributed by atoms with E-state index in [1.165, 1.54) is 108 Å². The van der Waals surface area contributed by atoms with E-state index in [4.69, 9.17) is 9.97 Å². The average Bonchev–Trinajstić information content (AvgIpc) is 3.70. The van der Waals surface area contributed by atoms with Crippen molar-refractivity contribution in [3.8, 4) is 44.5 Å². The van der Waals surface area contributed by atoms with Gasteiger partial charge in [0.2, 0.25) is 0 Å². The van der Waals surface area contributed by atoms with Crippen molar-refractivity contribution in [2.45, 2.75) is 0 Å². The molecule has 3 heteroatoms. The van der Waals surface area contributed by atoms with Gasteiger partial charge in [0.05, 0.1) is 11.0 Å². The van der Waals surface area contributed by atoms with E-state index in [2.05, 4.69) is 182 Å². The van der Waals surface area contributed by atoms with E-state index in [0.29, 0.717) is 0 Å². The summed E-state index contributed by atoms with van der Waals surface area (Å²) in [5.74, 6) is 0. The Hall–Kier alpha value is -7.72. The van der Waals surface area contributed by atoms with Crippen LogP contribution in [0.3, 0.4) is 0 Å². The second-order valence-corrected chi connectivity index (χ2v) is 17.1. The summed E-state index contributed by atoms with van der Waals surface area (Å²) < 4.78 is 2.59. The Bertz CT molecular complexity index is 3840. The van der Waals surface area contributed by atoms with Crippen molar-refractivity contribution in [2.75, 3.05) is 0 Å². The maximum Gasteiger partial charge on any atom is 0.0708 e. The van der Waals surface area contributed by atoms with Crippen molar-refractivity contribution >= 4 is 96.4 Å². The summed E-state index contributed by atoms with van der Waals surface area (Å²) in [6.45, 7) is 0.